The Balaban J connectivity index is 1.31. The van der Waals surface area contributed by atoms with Crippen molar-refractivity contribution in [3.63, 3.8) is 0 Å². The SMILES string of the molecule is Cc1ccccc1NC(=O)c1nnc(CSCC(=O)NCCCN2CCCCC2)s1. The van der Waals surface area contributed by atoms with Crippen LogP contribution in [0, 0.1) is 6.92 Å². The van der Waals surface area contributed by atoms with E-state index in [-0.39, 0.29) is 11.8 Å². The molecule has 2 heterocycles. The number of rotatable bonds is 10. The monoisotopic (exact) mass is 447 g/mol. The molecule has 1 aromatic heterocycles. The molecule has 2 amide bonds. The van der Waals surface area contributed by atoms with E-state index >= 15 is 0 Å². The summed E-state index contributed by atoms with van der Waals surface area (Å²) in [5.74, 6) is 0.732. The lowest BCUT2D eigenvalue weighted by Crippen LogP contribution is -2.33. The molecule has 1 aliphatic rings. The molecule has 1 saturated heterocycles. The number of para-hydroxylation sites is 1. The van der Waals surface area contributed by atoms with Crippen LogP contribution in [0.15, 0.2) is 24.3 Å². The minimum atomic E-state index is -0.260. The molecule has 0 spiro atoms. The van der Waals surface area contributed by atoms with Gasteiger partial charge in [0, 0.05) is 18.0 Å². The fraction of sp³-hybridized carbons (Fsp3) is 0.524. The highest BCUT2D eigenvalue weighted by molar-refractivity contribution is 7.99. The van der Waals surface area contributed by atoms with E-state index in [0.29, 0.717) is 16.5 Å². The van der Waals surface area contributed by atoms with Crippen molar-refractivity contribution in [3.8, 4) is 0 Å². The Hall–Kier alpha value is -1.97. The number of anilines is 1. The molecule has 0 unspecified atom stereocenters. The summed E-state index contributed by atoms with van der Waals surface area (Å²) >= 11 is 2.75. The normalized spacial score (nSPS) is 14.4. The Morgan fingerprint density at radius 1 is 1.17 bits per heavy atom. The van der Waals surface area contributed by atoms with Crippen LogP contribution in [0.2, 0.25) is 0 Å². The molecule has 2 aromatic rings. The van der Waals surface area contributed by atoms with E-state index in [0.717, 1.165) is 35.8 Å². The maximum Gasteiger partial charge on any atom is 0.286 e. The first kappa shape index (κ1) is 22.7. The third-order valence-corrected chi connectivity index (χ3v) is 6.98. The Morgan fingerprint density at radius 2 is 1.97 bits per heavy atom. The average Bonchev–Trinajstić information content (AvgIpc) is 3.23. The standard InChI is InChI=1S/C21H29N5O2S2/c1-16-8-3-4-9-17(16)23-20(28)21-25-24-19(30-21)15-29-14-18(27)22-10-7-13-26-11-5-2-6-12-26/h3-4,8-9H,2,5-7,10-15H2,1H3,(H,22,27)(H,23,28). The topological polar surface area (TPSA) is 87.2 Å². The van der Waals surface area contributed by atoms with Gasteiger partial charge in [-0.25, -0.2) is 0 Å². The first-order valence-corrected chi connectivity index (χ1v) is 12.3. The van der Waals surface area contributed by atoms with Gasteiger partial charge < -0.3 is 15.5 Å². The molecule has 162 valence electrons. The molecule has 0 atom stereocenters. The number of hydrogen-bond acceptors (Lipinski definition) is 7. The summed E-state index contributed by atoms with van der Waals surface area (Å²) in [6.45, 7) is 6.10. The Kier molecular flexibility index (Phi) is 9.10. The van der Waals surface area contributed by atoms with Gasteiger partial charge in [-0.3, -0.25) is 9.59 Å². The quantitative estimate of drug-likeness (QED) is 0.543. The average molecular weight is 448 g/mol. The molecular formula is C21H29N5O2S2. The van der Waals surface area contributed by atoms with Gasteiger partial charge in [-0.15, -0.1) is 22.0 Å². The van der Waals surface area contributed by atoms with E-state index in [1.165, 1.54) is 55.5 Å². The van der Waals surface area contributed by atoms with Crippen molar-refractivity contribution in [2.75, 3.05) is 37.2 Å². The number of aromatic nitrogens is 2. The van der Waals surface area contributed by atoms with Crippen molar-refractivity contribution in [3.05, 3.63) is 39.8 Å². The molecule has 7 nitrogen and oxygen atoms in total. The van der Waals surface area contributed by atoms with Crippen molar-refractivity contribution in [1.29, 1.82) is 0 Å². The molecule has 1 fully saturated rings. The van der Waals surface area contributed by atoms with Gasteiger partial charge in [-0.05, 0) is 57.5 Å². The lowest BCUT2D eigenvalue weighted by molar-refractivity contribution is -0.118. The van der Waals surface area contributed by atoms with E-state index in [2.05, 4.69) is 25.7 Å². The smallest absolute Gasteiger partial charge is 0.286 e. The van der Waals surface area contributed by atoms with Gasteiger partial charge in [0.2, 0.25) is 10.9 Å². The second-order valence-corrected chi connectivity index (χ2v) is 9.42. The van der Waals surface area contributed by atoms with E-state index in [1.807, 2.05) is 31.2 Å². The number of benzene rings is 1. The fourth-order valence-electron chi connectivity index (χ4n) is 3.29. The fourth-order valence-corrected chi connectivity index (χ4v) is 4.93. The molecule has 30 heavy (non-hydrogen) atoms. The van der Waals surface area contributed by atoms with Gasteiger partial charge in [0.1, 0.15) is 5.01 Å². The lowest BCUT2D eigenvalue weighted by Gasteiger charge is -2.26. The maximum absolute atomic E-state index is 12.3. The third-order valence-electron chi connectivity index (χ3n) is 4.94. The van der Waals surface area contributed by atoms with Crippen LogP contribution in [-0.2, 0) is 10.5 Å². The second-order valence-electron chi connectivity index (χ2n) is 7.37. The highest BCUT2D eigenvalue weighted by atomic mass is 32.2. The summed E-state index contributed by atoms with van der Waals surface area (Å²) in [5.41, 5.74) is 1.76. The van der Waals surface area contributed by atoms with Crippen LogP contribution >= 0.6 is 23.1 Å². The van der Waals surface area contributed by atoms with Gasteiger partial charge >= 0.3 is 0 Å². The molecule has 2 N–H and O–H groups in total. The van der Waals surface area contributed by atoms with E-state index in [4.69, 9.17) is 0 Å². The number of carbonyl (C=O) groups is 2. The number of carbonyl (C=O) groups excluding carboxylic acids is 2. The van der Waals surface area contributed by atoms with Gasteiger partial charge in [0.05, 0.1) is 5.75 Å². The van der Waals surface area contributed by atoms with Crippen molar-refractivity contribution < 1.29 is 9.59 Å². The summed E-state index contributed by atoms with van der Waals surface area (Å²) in [6.07, 6.45) is 4.93. The minimum absolute atomic E-state index is 0.0423. The minimum Gasteiger partial charge on any atom is -0.355 e. The molecule has 9 heteroatoms. The number of aryl methyl sites for hydroxylation is 1. The molecule has 1 aliphatic heterocycles. The Labute approximate surface area is 186 Å². The molecule has 0 radical (unpaired) electrons. The van der Waals surface area contributed by atoms with Crippen LogP contribution in [0.5, 0.6) is 0 Å². The molecule has 3 rings (SSSR count). The second kappa shape index (κ2) is 12.0. The number of amides is 2. The summed E-state index contributed by atoms with van der Waals surface area (Å²) < 4.78 is 0. The Bertz CT molecular complexity index is 836. The number of piperidine rings is 1. The highest BCUT2D eigenvalue weighted by Gasteiger charge is 2.14. The van der Waals surface area contributed by atoms with E-state index in [9.17, 15) is 9.59 Å². The molecular weight excluding hydrogens is 418 g/mol. The number of hydrogen-bond donors (Lipinski definition) is 2. The van der Waals surface area contributed by atoms with Gasteiger partial charge in [0.15, 0.2) is 0 Å². The molecule has 0 bridgehead atoms. The lowest BCUT2D eigenvalue weighted by atomic mass is 10.1. The number of nitrogens with one attached hydrogen (secondary N) is 2. The van der Waals surface area contributed by atoms with Crippen LogP contribution in [0.1, 0.15) is 46.1 Å². The predicted molar refractivity (Wildman–Crippen MR) is 123 cm³/mol. The van der Waals surface area contributed by atoms with Crippen LogP contribution in [-0.4, -0.2) is 58.8 Å². The predicted octanol–water partition coefficient (Wildman–Crippen LogP) is 3.32. The highest BCUT2D eigenvalue weighted by Crippen LogP contribution is 2.19. The zero-order chi connectivity index (χ0) is 21.2. The van der Waals surface area contributed by atoms with Crippen LogP contribution in [0.4, 0.5) is 5.69 Å². The summed E-state index contributed by atoms with van der Waals surface area (Å²) in [4.78, 5) is 26.8. The number of likely N-dealkylation sites (tertiary alicyclic amines) is 1. The number of nitrogens with zero attached hydrogens (tertiary/aromatic N) is 3. The largest absolute Gasteiger partial charge is 0.355 e. The van der Waals surface area contributed by atoms with Crippen molar-refractivity contribution in [1.82, 2.24) is 20.4 Å². The number of thioether (sulfide) groups is 1. The Morgan fingerprint density at radius 3 is 2.77 bits per heavy atom. The van der Waals surface area contributed by atoms with Gasteiger partial charge in [-0.2, -0.15) is 0 Å². The van der Waals surface area contributed by atoms with Crippen LogP contribution in [0.3, 0.4) is 0 Å². The first-order valence-electron chi connectivity index (χ1n) is 10.4. The zero-order valence-corrected chi connectivity index (χ0v) is 19.0. The van der Waals surface area contributed by atoms with Crippen molar-refractivity contribution >= 4 is 40.6 Å². The van der Waals surface area contributed by atoms with Crippen molar-refractivity contribution in [2.24, 2.45) is 0 Å². The maximum atomic E-state index is 12.3. The van der Waals surface area contributed by atoms with Crippen LogP contribution < -0.4 is 10.6 Å². The third kappa shape index (κ3) is 7.37. The zero-order valence-electron chi connectivity index (χ0n) is 17.4. The molecule has 0 saturated carbocycles. The van der Waals surface area contributed by atoms with E-state index < -0.39 is 0 Å². The first-order chi connectivity index (χ1) is 14.6. The molecule has 1 aromatic carbocycles. The summed E-state index contributed by atoms with van der Waals surface area (Å²) in [6, 6.07) is 7.60. The van der Waals surface area contributed by atoms with Gasteiger partial charge in [-0.1, -0.05) is 36.0 Å². The van der Waals surface area contributed by atoms with E-state index in [1.54, 1.807) is 0 Å². The summed E-state index contributed by atoms with van der Waals surface area (Å²) in [7, 11) is 0. The van der Waals surface area contributed by atoms with Crippen LogP contribution in [0.25, 0.3) is 0 Å². The van der Waals surface area contributed by atoms with Crippen molar-refractivity contribution in [2.45, 2.75) is 38.4 Å². The van der Waals surface area contributed by atoms with Gasteiger partial charge in [0.25, 0.3) is 5.91 Å². The molecule has 0 aliphatic carbocycles. The summed E-state index contributed by atoms with van der Waals surface area (Å²) in [5, 5.41) is 15.0.